The summed E-state index contributed by atoms with van der Waals surface area (Å²) in [6.07, 6.45) is 4.89. The Hall–Kier alpha value is -3.77. The number of carbonyl (C=O) groups excluding carboxylic acids is 2. The molecule has 2 fully saturated rings. The van der Waals surface area contributed by atoms with Crippen LogP contribution in [0.3, 0.4) is 0 Å². The molecule has 3 aromatic rings. The zero-order valence-electron chi connectivity index (χ0n) is 21.9. The molecule has 1 saturated heterocycles. The van der Waals surface area contributed by atoms with E-state index in [1.165, 1.54) is 0 Å². The lowest BCUT2D eigenvalue weighted by atomic mass is 9.74. The van der Waals surface area contributed by atoms with Gasteiger partial charge in [0, 0.05) is 29.7 Å². The van der Waals surface area contributed by atoms with Gasteiger partial charge in [0.15, 0.2) is 5.69 Å². The number of nitriles is 1. The van der Waals surface area contributed by atoms with Gasteiger partial charge in [0.2, 0.25) is 5.91 Å². The molecule has 1 aliphatic heterocycles. The van der Waals surface area contributed by atoms with Crippen LogP contribution >= 0.6 is 11.6 Å². The average molecular weight is 532 g/mol. The Bertz CT molecular complexity index is 1450. The van der Waals surface area contributed by atoms with Crippen molar-refractivity contribution < 1.29 is 9.59 Å². The first-order valence-corrected chi connectivity index (χ1v) is 13.2. The summed E-state index contributed by atoms with van der Waals surface area (Å²) in [6, 6.07) is 7.51. The summed E-state index contributed by atoms with van der Waals surface area (Å²) in [7, 11) is 0. The van der Waals surface area contributed by atoms with Crippen molar-refractivity contribution in [3.05, 3.63) is 69.1 Å². The monoisotopic (exact) mass is 531 g/mol. The molecule has 3 heterocycles. The zero-order chi connectivity index (χ0) is 27.1. The Labute approximate surface area is 226 Å². The van der Waals surface area contributed by atoms with Crippen molar-refractivity contribution in [1.29, 1.82) is 5.26 Å². The first kappa shape index (κ1) is 25.9. The number of pyridine rings is 1. The maximum absolute atomic E-state index is 12.8. The van der Waals surface area contributed by atoms with Crippen molar-refractivity contribution in [2.24, 2.45) is 11.8 Å². The minimum absolute atomic E-state index is 0.00328. The van der Waals surface area contributed by atoms with E-state index in [0.29, 0.717) is 35.4 Å². The minimum atomic E-state index is -0.275. The van der Waals surface area contributed by atoms with Gasteiger partial charge in [0.05, 0.1) is 24.4 Å². The highest BCUT2D eigenvalue weighted by Crippen LogP contribution is 2.39. The molecule has 2 aromatic heterocycles. The lowest BCUT2D eigenvalue weighted by molar-refractivity contribution is -0.120. The first-order valence-electron chi connectivity index (χ1n) is 12.8. The molecular formula is C28H30ClN7O2. The molecule has 1 N–H and O–H groups in total. The molecular weight excluding hydrogens is 502 g/mol. The molecule has 1 saturated carbocycles. The SMILES string of the molecule is Cc1c(Cn2cc(C(=O)NC3CC(c4cc(Cl)ccc4C#N)C3)nn2)cnc(N2C[C@@H](C)C(C)C2=O)c1C. The van der Waals surface area contributed by atoms with E-state index >= 15 is 0 Å². The summed E-state index contributed by atoms with van der Waals surface area (Å²) in [5.41, 5.74) is 4.76. The van der Waals surface area contributed by atoms with Crippen LogP contribution in [0.25, 0.3) is 0 Å². The predicted molar refractivity (Wildman–Crippen MR) is 143 cm³/mol. The summed E-state index contributed by atoms with van der Waals surface area (Å²) >= 11 is 6.12. The van der Waals surface area contributed by atoms with E-state index in [9.17, 15) is 14.9 Å². The van der Waals surface area contributed by atoms with Crippen molar-refractivity contribution in [2.45, 2.75) is 59.0 Å². The number of aromatic nitrogens is 4. The van der Waals surface area contributed by atoms with Gasteiger partial charge in [-0.25, -0.2) is 9.67 Å². The van der Waals surface area contributed by atoms with E-state index < -0.39 is 0 Å². The second kappa shape index (κ2) is 10.2. The lowest BCUT2D eigenvalue weighted by Crippen LogP contribution is -2.43. The van der Waals surface area contributed by atoms with E-state index in [1.807, 2.05) is 26.8 Å². The fraction of sp³-hybridized carbons (Fsp3) is 0.429. The van der Waals surface area contributed by atoms with Gasteiger partial charge in [-0.3, -0.25) is 14.5 Å². The molecule has 1 aromatic carbocycles. The number of anilines is 1. The number of halogens is 1. The van der Waals surface area contributed by atoms with Crippen LogP contribution in [-0.4, -0.2) is 44.4 Å². The maximum Gasteiger partial charge on any atom is 0.273 e. The molecule has 10 heteroatoms. The average Bonchev–Trinajstić information content (AvgIpc) is 3.44. The van der Waals surface area contributed by atoms with Crippen LogP contribution in [0.1, 0.15) is 70.9 Å². The topological polar surface area (TPSA) is 117 Å². The Balaban J connectivity index is 1.21. The van der Waals surface area contributed by atoms with Gasteiger partial charge in [0.25, 0.3) is 5.91 Å². The summed E-state index contributed by atoms with van der Waals surface area (Å²) in [5, 5.41) is 21.2. The molecule has 5 rings (SSSR count). The fourth-order valence-electron chi connectivity index (χ4n) is 5.27. The molecule has 38 heavy (non-hydrogen) atoms. The van der Waals surface area contributed by atoms with Gasteiger partial charge in [-0.15, -0.1) is 5.10 Å². The first-order chi connectivity index (χ1) is 18.2. The normalized spacial score (nSPS) is 22.7. The van der Waals surface area contributed by atoms with Gasteiger partial charge in [-0.1, -0.05) is 30.7 Å². The molecule has 0 spiro atoms. The largest absolute Gasteiger partial charge is 0.348 e. The van der Waals surface area contributed by atoms with E-state index in [2.05, 4.69) is 33.6 Å². The quantitative estimate of drug-likeness (QED) is 0.510. The van der Waals surface area contributed by atoms with Gasteiger partial charge in [-0.2, -0.15) is 5.26 Å². The third-order valence-corrected chi connectivity index (χ3v) is 8.34. The van der Waals surface area contributed by atoms with Crippen LogP contribution in [0.15, 0.2) is 30.6 Å². The van der Waals surface area contributed by atoms with Crippen molar-refractivity contribution >= 4 is 29.2 Å². The molecule has 2 aliphatic rings. The van der Waals surface area contributed by atoms with Crippen LogP contribution in [0.5, 0.6) is 0 Å². The van der Waals surface area contributed by atoms with Gasteiger partial charge in [0.1, 0.15) is 5.82 Å². The molecule has 196 valence electrons. The van der Waals surface area contributed by atoms with Crippen LogP contribution in [-0.2, 0) is 11.3 Å². The number of benzene rings is 1. The van der Waals surface area contributed by atoms with E-state index in [-0.39, 0.29) is 35.4 Å². The molecule has 9 nitrogen and oxygen atoms in total. The highest BCUT2D eigenvalue weighted by Gasteiger charge is 2.37. The van der Waals surface area contributed by atoms with Crippen molar-refractivity contribution in [3.63, 3.8) is 0 Å². The summed E-state index contributed by atoms with van der Waals surface area (Å²) in [6.45, 7) is 9.14. The Kier molecular flexibility index (Phi) is 6.93. The molecule has 1 unspecified atom stereocenters. The molecule has 0 radical (unpaired) electrons. The standard InChI is InChI=1S/C28H30ClN7O2/c1-15-12-36(28(38)16(15)2)26-18(4)17(3)21(11-31-26)13-35-14-25(33-34-35)27(37)32-23-7-20(8-23)24-9-22(29)6-5-19(24)10-30/h5-6,9,11,14-16,20,23H,7-8,12-13H2,1-4H3,(H,32,37)/t15-,16?,20?,23?/m1/s1. The Morgan fingerprint density at radius 2 is 2.00 bits per heavy atom. The van der Waals surface area contributed by atoms with Crippen molar-refractivity contribution in [1.82, 2.24) is 25.3 Å². The van der Waals surface area contributed by atoms with Crippen molar-refractivity contribution in [2.75, 3.05) is 11.4 Å². The van der Waals surface area contributed by atoms with Gasteiger partial charge in [-0.05, 0) is 79.0 Å². The van der Waals surface area contributed by atoms with Crippen molar-refractivity contribution in [3.8, 4) is 6.07 Å². The summed E-state index contributed by atoms with van der Waals surface area (Å²) in [4.78, 5) is 31.9. The maximum atomic E-state index is 12.8. The number of carbonyl (C=O) groups is 2. The predicted octanol–water partition coefficient (Wildman–Crippen LogP) is 4.16. The number of amides is 2. The lowest BCUT2D eigenvalue weighted by Gasteiger charge is -2.36. The van der Waals surface area contributed by atoms with E-state index in [4.69, 9.17) is 11.6 Å². The molecule has 2 amide bonds. The number of nitrogens with one attached hydrogen (secondary N) is 1. The highest BCUT2D eigenvalue weighted by molar-refractivity contribution is 6.30. The second-order valence-electron chi connectivity index (χ2n) is 10.6. The Morgan fingerprint density at radius 1 is 1.24 bits per heavy atom. The number of rotatable bonds is 6. The minimum Gasteiger partial charge on any atom is -0.348 e. The Morgan fingerprint density at radius 3 is 2.68 bits per heavy atom. The summed E-state index contributed by atoms with van der Waals surface area (Å²) < 4.78 is 1.62. The van der Waals surface area contributed by atoms with E-state index in [0.717, 1.165) is 35.1 Å². The number of nitrogens with zero attached hydrogens (tertiary/aromatic N) is 6. The number of hydrogen-bond acceptors (Lipinski definition) is 6. The second-order valence-corrected chi connectivity index (χ2v) is 11.0. The highest BCUT2D eigenvalue weighted by atomic mass is 35.5. The molecule has 1 aliphatic carbocycles. The van der Waals surface area contributed by atoms with E-state index in [1.54, 1.807) is 34.1 Å². The molecule has 2 atom stereocenters. The van der Waals surface area contributed by atoms with Crippen LogP contribution in [0.2, 0.25) is 5.02 Å². The smallest absolute Gasteiger partial charge is 0.273 e. The fourth-order valence-corrected chi connectivity index (χ4v) is 5.45. The number of hydrogen-bond donors (Lipinski definition) is 1. The van der Waals surface area contributed by atoms with Crippen LogP contribution in [0.4, 0.5) is 5.82 Å². The van der Waals surface area contributed by atoms with Gasteiger partial charge >= 0.3 is 0 Å². The van der Waals surface area contributed by atoms with Gasteiger partial charge < -0.3 is 5.32 Å². The zero-order valence-corrected chi connectivity index (χ0v) is 22.7. The summed E-state index contributed by atoms with van der Waals surface area (Å²) in [5.74, 6) is 1.03. The van der Waals surface area contributed by atoms with Crippen LogP contribution in [0, 0.1) is 37.0 Å². The molecule has 0 bridgehead atoms. The third kappa shape index (κ3) is 4.76. The van der Waals surface area contributed by atoms with Crippen LogP contribution < -0.4 is 10.2 Å². The third-order valence-electron chi connectivity index (χ3n) is 8.11.